The van der Waals surface area contributed by atoms with E-state index in [2.05, 4.69) is 49.2 Å². The molecule has 0 atom stereocenters. The second-order valence-corrected chi connectivity index (χ2v) is 4.79. The average Bonchev–Trinajstić information content (AvgIpc) is 2.29. The van der Waals surface area contributed by atoms with Gasteiger partial charge in [-0.2, -0.15) is 0 Å². The van der Waals surface area contributed by atoms with Crippen molar-refractivity contribution in [1.29, 1.82) is 0 Å². The molecule has 2 heteroatoms. The molecular weight excluding hydrogens is 196 g/mol. The van der Waals surface area contributed by atoms with Crippen LogP contribution in [0.5, 0.6) is 0 Å². The highest BCUT2D eigenvalue weighted by Gasteiger charge is 2.19. The second kappa shape index (κ2) is 4.88. The fraction of sp³-hybridized carbons (Fsp3) is 0.571. The smallest absolute Gasteiger partial charge is 0.0376 e. The zero-order chi connectivity index (χ0) is 11.5. The molecule has 0 aliphatic carbocycles. The molecule has 0 fully saturated rings. The zero-order valence-electron chi connectivity index (χ0n) is 10.6. The molecule has 0 amide bonds. The van der Waals surface area contributed by atoms with E-state index in [0.717, 1.165) is 13.1 Å². The molecule has 2 nitrogen and oxygen atoms in total. The number of benzene rings is 1. The molecular formula is C14H22N2. The Labute approximate surface area is 98.7 Å². The van der Waals surface area contributed by atoms with Gasteiger partial charge in [-0.25, -0.2) is 0 Å². The van der Waals surface area contributed by atoms with Gasteiger partial charge in [-0.1, -0.05) is 12.1 Å². The van der Waals surface area contributed by atoms with Crippen molar-refractivity contribution in [1.82, 2.24) is 4.90 Å². The van der Waals surface area contributed by atoms with Crippen LogP contribution >= 0.6 is 0 Å². The van der Waals surface area contributed by atoms with Crippen LogP contribution in [0.1, 0.15) is 31.9 Å². The molecule has 1 aromatic rings. The Bertz CT molecular complexity index is 358. The van der Waals surface area contributed by atoms with Crippen LogP contribution in [-0.4, -0.2) is 24.0 Å². The topological polar surface area (TPSA) is 15.3 Å². The van der Waals surface area contributed by atoms with Crippen molar-refractivity contribution in [3.05, 3.63) is 29.3 Å². The lowest BCUT2D eigenvalue weighted by atomic mass is 9.97. The molecule has 0 saturated carbocycles. The van der Waals surface area contributed by atoms with Gasteiger partial charge in [-0.3, -0.25) is 4.90 Å². The van der Waals surface area contributed by atoms with Crippen LogP contribution < -0.4 is 5.32 Å². The minimum Gasteiger partial charge on any atom is -0.385 e. The van der Waals surface area contributed by atoms with Gasteiger partial charge in [0.1, 0.15) is 0 Å². The van der Waals surface area contributed by atoms with Crippen molar-refractivity contribution >= 4 is 5.69 Å². The lowest BCUT2D eigenvalue weighted by molar-refractivity contribution is 0.203. The summed E-state index contributed by atoms with van der Waals surface area (Å²) < 4.78 is 0. The summed E-state index contributed by atoms with van der Waals surface area (Å²) in [5, 5.41) is 3.46. The number of nitrogens with one attached hydrogen (secondary N) is 1. The van der Waals surface area contributed by atoms with Gasteiger partial charge in [0, 0.05) is 31.4 Å². The minimum absolute atomic E-state index is 0.649. The second-order valence-electron chi connectivity index (χ2n) is 4.79. The van der Waals surface area contributed by atoms with Crippen molar-refractivity contribution in [2.24, 2.45) is 0 Å². The SMILES string of the molecule is CCNc1cccc2c1CCN(C(C)C)C2. The highest BCUT2D eigenvalue weighted by atomic mass is 15.1. The van der Waals surface area contributed by atoms with Crippen molar-refractivity contribution in [2.45, 2.75) is 39.8 Å². The van der Waals surface area contributed by atoms with Gasteiger partial charge in [0.2, 0.25) is 0 Å². The fourth-order valence-corrected chi connectivity index (χ4v) is 2.43. The van der Waals surface area contributed by atoms with Crippen molar-refractivity contribution < 1.29 is 0 Å². The lowest BCUT2D eigenvalue weighted by Gasteiger charge is -2.33. The molecule has 0 radical (unpaired) electrons. The predicted octanol–water partition coefficient (Wildman–Crippen LogP) is 2.88. The third-order valence-corrected chi connectivity index (χ3v) is 3.39. The highest BCUT2D eigenvalue weighted by molar-refractivity contribution is 5.55. The van der Waals surface area contributed by atoms with Gasteiger partial charge in [0.25, 0.3) is 0 Å². The maximum atomic E-state index is 3.46. The summed E-state index contributed by atoms with van der Waals surface area (Å²) in [5.74, 6) is 0. The summed E-state index contributed by atoms with van der Waals surface area (Å²) in [6, 6.07) is 7.29. The third-order valence-electron chi connectivity index (χ3n) is 3.39. The Morgan fingerprint density at radius 3 is 2.88 bits per heavy atom. The number of hydrogen-bond donors (Lipinski definition) is 1. The van der Waals surface area contributed by atoms with E-state index < -0.39 is 0 Å². The molecule has 1 heterocycles. The van der Waals surface area contributed by atoms with Gasteiger partial charge >= 0.3 is 0 Å². The molecule has 1 aromatic carbocycles. The molecule has 1 N–H and O–H groups in total. The first-order valence-electron chi connectivity index (χ1n) is 6.31. The van der Waals surface area contributed by atoms with Gasteiger partial charge in [0.15, 0.2) is 0 Å². The van der Waals surface area contributed by atoms with Gasteiger partial charge in [-0.15, -0.1) is 0 Å². The van der Waals surface area contributed by atoms with E-state index in [9.17, 15) is 0 Å². The summed E-state index contributed by atoms with van der Waals surface area (Å²) in [7, 11) is 0. The predicted molar refractivity (Wildman–Crippen MR) is 69.9 cm³/mol. The molecule has 88 valence electrons. The maximum Gasteiger partial charge on any atom is 0.0376 e. The molecule has 2 rings (SSSR count). The van der Waals surface area contributed by atoms with Crippen molar-refractivity contribution in [3.63, 3.8) is 0 Å². The highest BCUT2D eigenvalue weighted by Crippen LogP contribution is 2.26. The molecule has 1 aliphatic heterocycles. The first-order chi connectivity index (χ1) is 7.72. The standard InChI is InChI=1S/C14H22N2/c1-4-15-14-7-5-6-12-10-16(11(2)3)9-8-13(12)14/h5-7,11,15H,4,8-10H2,1-3H3. The number of hydrogen-bond acceptors (Lipinski definition) is 2. The Morgan fingerprint density at radius 2 is 2.19 bits per heavy atom. The maximum absolute atomic E-state index is 3.46. The van der Waals surface area contributed by atoms with E-state index in [1.54, 1.807) is 0 Å². The Kier molecular flexibility index (Phi) is 3.49. The molecule has 0 aromatic heterocycles. The van der Waals surface area contributed by atoms with E-state index in [1.807, 2.05) is 0 Å². The normalized spacial score (nSPS) is 16.2. The molecule has 0 saturated heterocycles. The van der Waals surface area contributed by atoms with Crippen LogP contribution in [0.3, 0.4) is 0 Å². The van der Waals surface area contributed by atoms with Gasteiger partial charge in [-0.05, 0) is 44.4 Å². The minimum atomic E-state index is 0.649. The monoisotopic (exact) mass is 218 g/mol. The van der Waals surface area contributed by atoms with E-state index in [1.165, 1.54) is 29.8 Å². The van der Waals surface area contributed by atoms with Crippen LogP contribution in [0.2, 0.25) is 0 Å². The van der Waals surface area contributed by atoms with Crippen LogP contribution in [0.4, 0.5) is 5.69 Å². The summed E-state index contributed by atoms with van der Waals surface area (Å²) in [6.07, 6.45) is 1.18. The van der Waals surface area contributed by atoms with Crippen LogP contribution in [0.25, 0.3) is 0 Å². The van der Waals surface area contributed by atoms with Crippen molar-refractivity contribution in [3.8, 4) is 0 Å². The van der Waals surface area contributed by atoms with Gasteiger partial charge in [0.05, 0.1) is 0 Å². The Balaban J connectivity index is 2.23. The number of anilines is 1. The number of nitrogens with zero attached hydrogens (tertiary/aromatic N) is 1. The van der Waals surface area contributed by atoms with E-state index in [4.69, 9.17) is 0 Å². The molecule has 0 bridgehead atoms. The van der Waals surface area contributed by atoms with Crippen molar-refractivity contribution in [2.75, 3.05) is 18.4 Å². The van der Waals surface area contributed by atoms with E-state index in [-0.39, 0.29) is 0 Å². The van der Waals surface area contributed by atoms with Gasteiger partial charge < -0.3 is 5.32 Å². The first-order valence-corrected chi connectivity index (χ1v) is 6.31. The largest absolute Gasteiger partial charge is 0.385 e. The Hall–Kier alpha value is -1.02. The average molecular weight is 218 g/mol. The number of fused-ring (bicyclic) bond motifs is 1. The summed E-state index contributed by atoms with van der Waals surface area (Å²) in [6.45, 7) is 10.0. The van der Waals surface area contributed by atoms with E-state index in [0.29, 0.717) is 6.04 Å². The first kappa shape index (κ1) is 11.5. The van der Waals surface area contributed by atoms with Crippen LogP contribution in [0, 0.1) is 0 Å². The van der Waals surface area contributed by atoms with Crippen LogP contribution in [0.15, 0.2) is 18.2 Å². The third kappa shape index (κ3) is 2.22. The summed E-state index contributed by atoms with van der Waals surface area (Å²) in [4.78, 5) is 2.54. The fourth-order valence-electron chi connectivity index (χ4n) is 2.43. The summed E-state index contributed by atoms with van der Waals surface area (Å²) in [5.41, 5.74) is 4.36. The zero-order valence-corrected chi connectivity index (χ0v) is 10.6. The lowest BCUT2D eigenvalue weighted by Crippen LogP contribution is -2.36. The van der Waals surface area contributed by atoms with E-state index >= 15 is 0 Å². The quantitative estimate of drug-likeness (QED) is 0.839. The Morgan fingerprint density at radius 1 is 1.38 bits per heavy atom. The molecule has 1 aliphatic rings. The molecule has 16 heavy (non-hydrogen) atoms. The molecule has 0 spiro atoms. The van der Waals surface area contributed by atoms with Crippen LogP contribution in [-0.2, 0) is 13.0 Å². The number of rotatable bonds is 3. The summed E-state index contributed by atoms with van der Waals surface area (Å²) >= 11 is 0. The molecule has 0 unspecified atom stereocenters.